The van der Waals surface area contributed by atoms with Crippen molar-refractivity contribution in [2.45, 2.75) is 25.4 Å². The van der Waals surface area contributed by atoms with Gasteiger partial charge in [0.15, 0.2) is 0 Å². The minimum atomic E-state index is -0.825. The van der Waals surface area contributed by atoms with E-state index in [0.29, 0.717) is 6.42 Å². The molecule has 6 heteroatoms. The van der Waals surface area contributed by atoms with Gasteiger partial charge in [0.25, 0.3) is 0 Å². The van der Waals surface area contributed by atoms with Gasteiger partial charge in [-0.05, 0) is 24.1 Å². The Morgan fingerprint density at radius 1 is 1.16 bits per heavy atom. The zero-order valence-corrected chi connectivity index (χ0v) is 14.7. The molecule has 1 aliphatic rings. The molecule has 5 nitrogen and oxygen atoms in total. The Labute approximate surface area is 153 Å². The smallest absolute Gasteiger partial charge is 0.329 e. The number of halogens is 1. The van der Waals surface area contributed by atoms with E-state index in [0.717, 1.165) is 16.8 Å². The zero-order chi connectivity index (χ0) is 17.1. The number of para-hydroxylation sites is 1. The summed E-state index contributed by atoms with van der Waals surface area (Å²) < 4.78 is 5.15. The number of benzene rings is 2. The average Bonchev–Trinajstić information content (AvgIpc) is 3.01. The van der Waals surface area contributed by atoms with Crippen molar-refractivity contribution >= 4 is 30.0 Å². The van der Waals surface area contributed by atoms with Crippen LogP contribution in [0.5, 0.6) is 0 Å². The molecule has 0 unspecified atom stereocenters. The van der Waals surface area contributed by atoms with Gasteiger partial charge < -0.3 is 10.5 Å². The largest absolute Gasteiger partial charge is 0.464 e. The summed E-state index contributed by atoms with van der Waals surface area (Å²) in [6, 6.07) is 15.2. The summed E-state index contributed by atoms with van der Waals surface area (Å²) in [6.45, 7) is 2.03. The van der Waals surface area contributed by atoms with Gasteiger partial charge >= 0.3 is 5.97 Å². The summed E-state index contributed by atoms with van der Waals surface area (Å²) in [5.74, 6) is -0.702. The van der Waals surface area contributed by atoms with Crippen molar-refractivity contribution in [2.75, 3.05) is 11.5 Å². The molecule has 0 aromatic heterocycles. The van der Waals surface area contributed by atoms with Crippen LogP contribution in [0.2, 0.25) is 0 Å². The number of carbonyl (C=O) groups is 2. The molecule has 2 aromatic carbocycles. The maximum absolute atomic E-state index is 13.0. The van der Waals surface area contributed by atoms with Crippen LogP contribution in [0.15, 0.2) is 54.6 Å². The molecule has 1 heterocycles. The Morgan fingerprint density at radius 2 is 1.80 bits per heavy atom. The maximum Gasteiger partial charge on any atom is 0.329 e. The van der Waals surface area contributed by atoms with Gasteiger partial charge in [0.2, 0.25) is 5.91 Å². The summed E-state index contributed by atoms with van der Waals surface area (Å²) in [4.78, 5) is 26.8. The first-order valence-electron chi connectivity index (χ1n) is 8.01. The van der Waals surface area contributed by atoms with Gasteiger partial charge in [-0.15, -0.1) is 12.4 Å². The number of nitrogens with two attached hydrogens (primary N) is 1. The van der Waals surface area contributed by atoms with Gasteiger partial charge in [0, 0.05) is 12.1 Å². The lowest BCUT2D eigenvalue weighted by Gasteiger charge is -2.27. The first-order valence-corrected chi connectivity index (χ1v) is 8.01. The van der Waals surface area contributed by atoms with E-state index >= 15 is 0 Å². The fraction of sp³-hybridized carbons (Fsp3) is 0.263. The maximum atomic E-state index is 13.0. The van der Waals surface area contributed by atoms with E-state index in [1.54, 1.807) is 6.92 Å². The molecule has 0 fully saturated rings. The highest BCUT2D eigenvalue weighted by Crippen LogP contribution is 2.34. The number of fused-ring (bicyclic) bond motifs is 1. The van der Waals surface area contributed by atoms with Crippen molar-refractivity contribution in [1.29, 1.82) is 0 Å². The third kappa shape index (κ3) is 3.67. The number of esters is 1. The summed E-state index contributed by atoms with van der Waals surface area (Å²) in [5.41, 5.74) is 8.56. The van der Waals surface area contributed by atoms with Crippen molar-refractivity contribution in [2.24, 2.45) is 5.73 Å². The number of rotatable bonds is 4. The lowest BCUT2D eigenvalue weighted by atomic mass is 10.1. The van der Waals surface area contributed by atoms with Crippen molar-refractivity contribution in [1.82, 2.24) is 0 Å². The first kappa shape index (κ1) is 19.0. The Morgan fingerprint density at radius 3 is 2.48 bits per heavy atom. The molecule has 1 aliphatic heterocycles. The summed E-state index contributed by atoms with van der Waals surface area (Å²) in [7, 11) is 0. The van der Waals surface area contributed by atoms with Gasteiger partial charge in [-0.3, -0.25) is 9.69 Å². The van der Waals surface area contributed by atoms with Crippen LogP contribution in [-0.4, -0.2) is 24.5 Å². The molecule has 2 aromatic rings. The van der Waals surface area contributed by atoms with Crippen LogP contribution < -0.4 is 10.6 Å². The van der Waals surface area contributed by atoms with E-state index in [4.69, 9.17) is 10.5 Å². The number of ether oxygens (including phenoxy) is 1. The normalized spacial score (nSPS) is 16.6. The highest BCUT2D eigenvalue weighted by molar-refractivity contribution is 6.04. The second-order valence-corrected chi connectivity index (χ2v) is 5.70. The Bertz CT molecular complexity index is 751. The van der Waals surface area contributed by atoms with Gasteiger partial charge in [0.05, 0.1) is 6.61 Å². The Kier molecular flexibility index (Phi) is 6.17. The molecule has 0 radical (unpaired) electrons. The molecule has 2 N–H and O–H groups in total. The number of amides is 1. The van der Waals surface area contributed by atoms with E-state index in [2.05, 4.69) is 0 Å². The predicted octanol–water partition coefficient (Wildman–Crippen LogP) is 2.63. The Balaban J connectivity index is 0.00000225. The van der Waals surface area contributed by atoms with Crippen molar-refractivity contribution in [3.8, 4) is 0 Å². The SMILES string of the molecule is CCOC(=O)[C@@H]1Cc2ccccc2N1C(=O)[C@@H](N)c1ccccc1.Cl. The van der Waals surface area contributed by atoms with E-state index < -0.39 is 18.1 Å². The third-order valence-electron chi connectivity index (χ3n) is 4.20. The van der Waals surface area contributed by atoms with Crippen molar-refractivity contribution in [3.63, 3.8) is 0 Å². The molecule has 132 valence electrons. The average molecular weight is 361 g/mol. The van der Waals surface area contributed by atoms with E-state index in [-0.39, 0.29) is 24.9 Å². The van der Waals surface area contributed by atoms with Gasteiger partial charge in [-0.25, -0.2) is 4.79 Å². The molecule has 3 rings (SSSR count). The van der Waals surface area contributed by atoms with Crippen LogP contribution in [0.1, 0.15) is 24.1 Å². The van der Waals surface area contributed by atoms with Crippen LogP contribution >= 0.6 is 12.4 Å². The second-order valence-electron chi connectivity index (χ2n) is 5.70. The fourth-order valence-electron chi connectivity index (χ4n) is 3.04. The number of hydrogen-bond donors (Lipinski definition) is 1. The van der Waals surface area contributed by atoms with Crippen LogP contribution in [0, 0.1) is 0 Å². The quantitative estimate of drug-likeness (QED) is 0.851. The molecular formula is C19H21ClN2O3. The lowest BCUT2D eigenvalue weighted by molar-refractivity contribution is -0.145. The lowest BCUT2D eigenvalue weighted by Crippen LogP contribution is -2.47. The van der Waals surface area contributed by atoms with E-state index in [1.165, 1.54) is 4.90 Å². The van der Waals surface area contributed by atoms with Gasteiger partial charge in [-0.2, -0.15) is 0 Å². The van der Waals surface area contributed by atoms with Gasteiger partial charge in [-0.1, -0.05) is 48.5 Å². The topological polar surface area (TPSA) is 72.6 Å². The zero-order valence-electron chi connectivity index (χ0n) is 13.9. The minimum Gasteiger partial charge on any atom is -0.464 e. The molecule has 2 atom stereocenters. The molecule has 0 spiro atoms. The van der Waals surface area contributed by atoms with Crippen LogP contribution in [0.4, 0.5) is 5.69 Å². The third-order valence-corrected chi connectivity index (χ3v) is 4.20. The van der Waals surface area contributed by atoms with E-state index in [9.17, 15) is 9.59 Å². The number of carbonyl (C=O) groups excluding carboxylic acids is 2. The molecule has 0 saturated carbocycles. The molecule has 1 amide bonds. The summed E-state index contributed by atoms with van der Waals surface area (Å²) >= 11 is 0. The summed E-state index contributed by atoms with van der Waals surface area (Å²) in [5, 5.41) is 0. The highest BCUT2D eigenvalue weighted by Gasteiger charge is 2.40. The standard InChI is InChI=1S/C19H20N2O3.ClH/c1-2-24-19(23)16-12-14-10-6-7-11-15(14)21(16)18(22)17(20)13-8-4-3-5-9-13;/h3-11,16-17H,2,12,20H2,1H3;1H/t16-,17-;/m0./s1. The van der Waals surface area contributed by atoms with Crippen LogP contribution in [-0.2, 0) is 20.7 Å². The number of anilines is 1. The molecule has 0 aliphatic carbocycles. The van der Waals surface area contributed by atoms with E-state index in [1.807, 2.05) is 54.6 Å². The molecule has 25 heavy (non-hydrogen) atoms. The van der Waals surface area contributed by atoms with Crippen molar-refractivity contribution in [3.05, 3.63) is 65.7 Å². The Hall–Kier alpha value is -2.37. The monoisotopic (exact) mass is 360 g/mol. The molecule has 0 saturated heterocycles. The first-order chi connectivity index (χ1) is 11.6. The fourth-order valence-corrected chi connectivity index (χ4v) is 3.04. The minimum absolute atomic E-state index is 0. The van der Waals surface area contributed by atoms with Crippen molar-refractivity contribution < 1.29 is 14.3 Å². The second kappa shape index (κ2) is 8.14. The number of nitrogens with zero attached hydrogens (tertiary/aromatic N) is 1. The molecular weight excluding hydrogens is 340 g/mol. The van der Waals surface area contributed by atoms with Gasteiger partial charge in [0.1, 0.15) is 12.1 Å². The van der Waals surface area contributed by atoms with Crippen LogP contribution in [0.3, 0.4) is 0 Å². The predicted molar refractivity (Wildman–Crippen MR) is 98.7 cm³/mol. The van der Waals surface area contributed by atoms with Crippen LogP contribution in [0.25, 0.3) is 0 Å². The molecule has 0 bridgehead atoms. The number of hydrogen-bond acceptors (Lipinski definition) is 4. The summed E-state index contributed by atoms with van der Waals surface area (Å²) in [6.07, 6.45) is 0.447. The highest BCUT2D eigenvalue weighted by atomic mass is 35.5.